The molecule has 0 heterocycles. The Hall–Kier alpha value is -1.14. The predicted molar refractivity (Wildman–Crippen MR) is 202 cm³/mol. The summed E-state index contributed by atoms with van der Waals surface area (Å²) in [6.45, 7) is 10.1. The van der Waals surface area contributed by atoms with Crippen LogP contribution >= 0.6 is 0 Å². The van der Waals surface area contributed by atoms with Gasteiger partial charge in [-0.25, -0.2) is 0 Å². The van der Waals surface area contributed by atoms with E-state index in [0.717, 1.165) is 77.8 Å². The number of nitrogens with one attached hydrogen (secondary N) is 4. The van der Waals surface area contributed by atoms with E-state index in [0.29, 0.717) is 12.8 Å². The third kappa shape index (κ3) is 39.0. The molecule has 0 fully saturated rings. The first-order valence-corrected chi connectivity index (χ1v) is 20.7. The maximum atomic E-state index is 12.0. The van der Waals surface area contributed by atoms with Gasteiger partial charge in [0.15, 0.2) is 0 Å². The fraction of sp³-hybridized carbons (Fsp3) is 0.950. The maximum Gasteiger partial charge on any atom is 0.221 e. The second-order valence-corrected chi connectivity index (χ2v) is 13.9. The van der Waals surface area contributed by atoms with Gasteiger partial charge in [0, 0.05) is 32.5 Å². The lowest BCUT2D eigenvalue weighted by atomic mass is 10.1. The number of carbonyl (C=O) groups is 2. The molecule has 0 aliphatic heterocycles. The molecule has 0 unspecified atom stereocenters. The molecule has 46 heavy (non-hydrogen) atoms. The van der Waals surface area contributed by atoms with Crippen LogP contribution < -0.4 is 21.3 Å². The summed E-state index contributed by atoms with van der Waals surface area (Å²) in [5.74, 6) is 0.415. The van der Waals surface area contributed by atoms with Crippen molar-refractivity contribution in [2.45, 2.75) is 206 Å². The van der Waals surface area contributed by atoms with Gasteiger partial charge in [-0.15, -0.1) is 0 Å². The number of hydrogen-bond acceptors (Lipinski definition) is 4. The lowest BCUT2D eigenvalue weighted by molar-refractivity contribution is -0.121. The van der Waals surface area contributed by atoms with Crippen molar-refractivity contribution in [2.75, 3.05) is 39.3 Å². The standard InChI is InChI=1S/C40H82N4O2/c1-3-5-7-9-11-13-15-17-19-21-29-36-43-39(45)31-25-23-26-33-41-34-27-24-28-35-42-38-32-40(46)44-37-30-22-20-18-16-14-12-10-8-6-4-2/h41-42H,3-38H2,1-2H3,(H,43,45)(H,44,46). The zero-order chi connectivity index (χ0) is 33.4. The first-order chi connectivity index (χ1) is 22.7. The fourth-order valence-corrected chi connectivity index (χ4v) is 6.05. The van der Waals surface area contributed by atoms with Crippen molar-refractivity contribution >= 4 is 11.8 Å². The molecule has 0 aliphatic carbocycles. The molecular weight excluding hydrogens is 568 g/mol. The molecule has 0 radical (unpaired) electrons. The van der Waals surface area contributed by atoms with Crippen LogP contribution in [0.15, 0.2) is 0 Å². The summed E-state index contributed by atoms with van der Waals surface area (Å²) in [7, 11) is 0. The van der Waals surface area contributed by atoms with Crippen LogP contribution in [0, 0.1) is 0 Å². The van der Waals surface area contributed by atoms with Crippen LogP contribution in [0.2, 0.25) is 0 Å². The molecule has 0 bridgehead atoms. The quantitative estimate of drug-likeness (QED) is 0.0499. The summed E-state index contributed by atoms with van der Waals surface area (Å²) in [5.41, 5.74) is 0. The lowest BCUT2D eigenvalue weighted by Gasteiger charge is -2.08. The largest absolute Gasteiger partial charge is 0.356 e. The van der Waals surface area contributed by atoms with Crippen LogP contribution in [0.25, 0.3) is 0 Å². The topological polar surface area (TPSA) is 82.3 Å². The Kier molecular flexibility index (Phi) is 39.0. The van der Waals surface area contributed by atoms with Crippen molar-refractivity contribution < 1.29 is 9.59 Å². The molecule has 0 aromatic rings. The van der Waals surface area contributed by atoms with Gasteiger partial charge in [0.2, 0.25) is 11.8 Å². The highest BCUT2D eigenvalue weighted by molar-refractivity contribution is 5.76. The SMILES string of the molecule is CCCCCCCCCCCCCNC(=O)CCCCCNCCCCCNCCC(=O)NCCCCCCCCCCCCC. The monoisotopic (exact) mass is 651 g/mol. The third-order valence-corrected chi connectivity index (χ3v) is 9.20. The molecule has 4 N–H and O–H groups in total. The van der Waals surface area contributed by atoms with Crippen LogP contribution in [0.1, 0.15) is 206 Å². The van der Waals surface area contributed by atoms with E-state index < -0.39 is 0 Å². The Morgan fingerprint density at radius 3 is 1.00 bits per heavy atom. The summed E-state index contributed by atoms with van der Waals surface area (Å²) < 4.78 is 0. The van der Waals surface area contributed by atoms with Crippen molar-refractivity contribution in [1.82, 2.24) is 21.3 Å². The molecule has 274 valence electrons. The van der Waals surface area contributed by atoms with E-state index in [-0.39, 0.29) is 11.8 Å². The summed E-state index contributed by atoms with van der Waals surface area (Å²) in [5, 5.41) is 13.1. The smallest absolute Gasteiger partial charge is 0.221 e. The van der Waals surface area contributed by atoms with Crippen molar-refractivity contribution in [3.05, 3.63) is 0 Å². The van der Waals surface area contributed by atoms with E-state index in [1.54, 1.807) is 0 Å². The van der Waals surface area contributed by atoms with E-state index in [1.165, 1.54) is 141 Å². The minimum absolute atomic E-state index is 0.184. The Morgan fingerprint density at radius 1 is 0.304 bits per heavy atom. The van der Waals surface area contributed by atoms with Crippen LogP contribution in [0.4, 0.5) is 0 Å². The summed E-state index contributed by atoms with van der Waals surface area (Å²) in [6.07, 6.45) is 37.6. The van der Waals surface area contributed by atoms with E-state index in [2.05, 4.69) is 35.1 Å². The average Bonchev–Trinajstić information content (AvgIpc) is 3.05. The molecule has 0 saturated carbocycles. The van der Waals surface area contributed by atoms with Crippen molar-refractivity contribution in [3.8, 4) is 0 Å². The molecule has 0 aromatic heterocycles. The molecule has 6 heteroatoms. The van der Waals surface area contributed by atoms with E-state index in [4.69, 9.17) is 0 Å². The van der Waals surface area contributed by atoms with Crippen LogP contribution in [-0.4, -0.2) is 51.1 Å². The summed E-state index contributed by atoms with van der Waals surface area (Å²) >= 11 is 0. The van der Waals surface area contributed by atoms with Gasteiger partial charge in [0.05, 0.1) is 0 Å². The van der Waals surface area contributed by atoms with Crippen molar-refractivity contribution in [2.24, 2.45) is 0 Å². The molecule has 0 aromatic carbocycles. The first kappa shape index (κ1) is 44.9. The fourth-order valence-electron chi connectivity index (χ4n) is 6.05. The highest BCUT2D eigenvalue weighted by atomic mass is 16.2. The molecule has 0 saturated heterocycles. The normalized spacial score (nSPS) is 11.3. The Labute approximate surface area is 287 Å². The van der Waals surface area contributed by atoms with E-state index >= 15 is 0 Å². The zero-order valence-corrected chi connectivity index (χ0v) is 31.3. The van der Waals surface area contributed by atoms with Gasteiger partial charge in [0.1, 0.15) is 0 Å². The van der Waals surface area contributed by atoms with Crippen molar-refractivity contribution in [1.29, 1.82) is 0 Å². The average molecular weight is 651 g/mol. The first-order valence-electron chi connectivity index (χ1n) is 20.7. The number of hydrogen-bond donors (Lipinski definition) is 4. The molecule has 6 nitrogen and oxygen atoms in total. The Balaban J connectivity index is 3.21. The minimum Gasteiger partial charge on any atom is -0.356 e. The second-order valence-electron chi connectivity index (χ2n) is 13.9. The van der Waals surface area contributed by atoms with Gasteiger partial charge >= 0.3 is 0 Å². The van der Waals surface area contributed by atoms with Gasteiger partial charge < -0.3 is 21.3 Å². The van der Waals surface area contributed by atoms with Crippen molar-refractivity contribution in [3.63, 3.8) is 0 Å². The second kappa shape index (κ2) is 40.0. The summed E-state index contributed by atoms with van der Waals surface area (Å²) in [4.78, 5) is 24.0. The maximum absolute atomic E-state index is 12.0. The number of carbonyl (C=O) groups excluding carboxylic acids is 2. The molecular formula is C40H82N4O2. The van der Waals surface area contributed by atoms with Gasteiger partial charge in [-0.1, -0.05) is 155 Å². The van der Waals surface area contributed by atoms with Crippen LogP contribution in [0.3, 0.4) is 0 Å². The van der Waals surface area contributed by atoms with E-state index in [1.807, 2.05) is 0 Å². The van der Waals surface area contributed by atoms with Gasteiger partial charge in [-0.3, -0.25) is 9.59 Å². The Bertz CT molecular complexity index is 564. The molecule has 2 amide bonds. The molecule has 0 rings (SSSR count). The van der Waals surface area contributed by atoms with E-state index in [9.17, 15) is 9.59 Å². The highest BCUT2D eigenvalue weighted by Crippen LogP contribution is 2.12. The molecule has 0 aliphatic rings. The molecule has 0 atom stereocenters. The number of rotatable bonds is 39. The van der Waals surface area contributed by atoms with Gasteiger partial charge in [-0.2, -0.15) is 0 Å². The lowest BCUT2D eigenvalue weighted by Crippen LogP contribution is -2.28. The third-order valence-electron chi connectivity index (χ3n) is 9.20. The zero-order valence-electron chi connectivity index (χ0n) is 31.3. The van der Waals surface area contributed by atoms with Gasteiger partial charge in [-0.05, 0) is 58.2 Å². The number of amides is 2. The highest BCUT2D eigenvalue weighted by Gasteiger charge is 2.02. The van der Waals surface area contributed by atoms with Crippen LogP contribution in [0.5, 0.6) is 0 Å². The molecule has 0 spiro atoms. The Morgan fingerprint density at radius 2 is 0.587 bits per heavy atom. The predicted octanol–water partition coefficient (Wildman–Crippen LogP) is 10.1. The van der Waals surface area contributed by atoms with Gasteiger partial charge in [0.25, 0.3) is 0 Å². The van der Waals surface area contributed by atoms with Crippen LogP contribution in [-0.2, 0) is 9.59 Å². The number of unbranched alkanes of at least 4 members (excludes halogenated alkanes) is 24. The summed E-state index contributed by atoms with van der Waals surface area (Å²) in [6, 6.07) is 0. The minimum atomic E-state index is 0.184.